The normalized spacial score (nSPS) is 13.3. The second kappa shape index (κ2) is 9.33. The summed E-state index contributed by atoms with van der Waals surface area (Å²) in [5, 5.41) is 3.55. The fraction of sp³-hybridized carbons (Fsp3) is 0.135. The van der Waals surface area contributed by atoms with Gasteiger partial charge in [-0.25, -0.2) is 0 Å². The van der Waals surface area contributed by atoms with Crippen molar-refractivity contribution in [2.75, 3.05) is 4.90 Å². The van der Waals surface area contributed by atoms with Crippen LogP contribution in [0.5, 0.6) is 0 Å². The van der Waals surface area contributed by atoms with E-state index in [2.05, 4.69) is 108 Å². The molecule has 5 aromatic carbocycles. The van der Waals surface area contributed by atoms with Gasteiger partial charge in [-0.2, -0.15) is 0 Å². The second-order valence-electron chi connectivity index (χ2n) is 11.6. The van der Waals surface area contributed by atoms with E-state index in [4.69, 9.17) is 4.42 Å². The minimum atomic E-state index is 0.851. The summed E-state index contributed by atoms with van der Waals surface area (Å²) < 4.78 is 6.30. The third kappa shape index (κ3) is 3.50. The Hall–Kier alpha value is -4.35. The highest BCUT2D eigenvalue weighted by Gasteiger charge is 2.34. The molecule has 9 rings (SSSR count). The first kappa shape index (κ1) is 24.3. The van der Waals surface area contributed by atoms with Gasteiger partial charge < -0.3 is 14.3 Å². The SMILES string of the molecule is CCCCCc1cc(-c2cccc3c2[nH]c2oc4ccccc4c23)c2c(c1)N1c3ccccc3Sc3cccc(c31)B2. The molecule has 4 heterocycles. The molecule has 0 unspecified atom stereocenters. The summed E-state index contributed by atoms with van der Waals surface area (Å²) in [5.41, 5.74) is 13.6. The Morgan fingerprint density at radius 3 is 2.57 bits per heavy atom. The molecular weight excluding hydrogens is 531 g/mol. The van der Waals surface area contributed by atoms with Gasteiger partial charge in [0.1, 0.15) is 5.58 Å². The number of anilines is 3. The van der Waals surface area contributed by atoms with Crippen LogP contribution in [0, 0.1) is 0 Å². The number of nitrogens with one attached hydrogen (secondary N) is 1. The van der Waals surface area contributed by atoms with E-state index in [1.807, 2.05) is 17.8 Å². The van der Waals surface area contributed by atoms with Gasteiger partial charge in [0.15, 0.2) is 7.28 Å². The van der Waals surface area contributed by atoms with Gasteiger partial charge in [-0.3, -0.25) is 0 Å². The van der Waals surface area contributed by atoms with Gasteiger partial charge in [0, 0.05) is 31.8 Å². The largest absolute Gasteiger partial charge is 0.440 e. The number of para-hydroxylation sites is 4. The van der Waals surface area contributed by atoms with Crippen LogP contribution in [0.2, 0.25) is 0 Å². The van der Waals surface area contributed by atoms with E-state index in [9.17, 15) is 0 Å². The lowest BCUT2D eigenvalue weighted by Crippen LogP contribution is -2.42. The molecule has 0 radical (unpaired) electrons. The number of hydrogen-bond donors (Lipinski definition) is 1. The quantitative estimate of drug-likeness (QED) is 0.168. The predicted molar refractivity (Wildman–Crippen MR) is 179 cm³/mol. The summed E-state index contributed by atoms with van der Waals surface area (Å²) in [6, 6.07) is 35.7. The zero-order valence-electron chi connectivity index (χ0n) is 23.5. The zero-order chi connectivity index (χ0) is 27.8. The first-order valence-electron chi connectivity index (χ1n) is 15.1. The maximum Gasteiger partial charge on any atom is 0.206 e. The van der Waals surface area contributed by atoms with Crippen molar-refractivity contribution in [2.24, 2.45) is 0 Å². The van der Waals surface area contributed by atoms with Crippen LogP contribution in [0.25, 0.3) is 44.1 Å². The summed E-state index contributed by atoms with van der Waals surface area (Å²) >= 11 is 1.89. The van der Waals surface area contributed by atoms with E-state index < -0.39 is 0 Å². The molecule has 42 heavy (non-hydrogen) atoms. The maximum absolute atomic E-state index is 6.30. The molecule has 0 fully saturated rings. The summed E-state index contributed by atoms with van der Waals surface area (Å²) in [4.78, 5) is 8.91. The molecule has 0 spiro atoms. The number of benzene rings is 5. The van der Waals surface area contributed by atoms with Crippen molar-refractivity contribution in [2.45, 2.75) is 42.4 Å². The summed E-state index contributed by atoms with van der Waals surface area (Å²) in [7, 11) is 0.915. The third-order valence-electron chi connectivity index (χ3n) is 9.05. The first-order chi connectivity index (χ1) is 20.8. The monoisotopic (exact) mass is 560 g/mol. The zero-order valence-corrected chi connectivity index (χ0v) is 24.4. The smallest absolute Gasteiger partial charge is 0.206 e. The van der Waals surface area contributed by atoms with Gasteiger partial charge in [0.25, 0.3) is 0 Å². The summed E-state index contributed by atoms with van der Waals surface area (Å²) in [6.07, 6.45) is 4.76. The highest BCUT2D eigenvalue weighted by molar-refractivity contribution is 7.99. The van der Waals surface area contributed by atoms with Crippen LogP contribution in [-0.2, 0) is 6.42 Å². The molecule has 2 aromatic heterocycles. The maximum atomic E-state index is 6.30. The minimum absolute atomic E-state index is 0.851. The van der Waals surface area contributed by atoms with Crippen LogP contribution in [0.15, 0.2) is 111 Å². The highest BCUT2D eigenvalue weighted by atomic mass is 32.2. The molecule has 202 valence electrons. The number of fused-ring (bicyclic) bond motifs is 9. The van der Waals surface area contributed by atoms with E-state index >= 15 is 0 Å². The fourth-order valence-electron chi connectivity index (χ4n) is 7.15. The van der Waals surface area contributed by atoms with Gasteiger partial charge in [-0.15, -0.1) is 0 Å². The third-order valence-corrected chi connectivity index (χ3v) is 10.2. The van der Waals surface area contributed by atoms with Crippen LogP contribution in [-0.4, -0.2) is 12.3 Å². The minimum Gasteiger partial charge on any atom is -0.440 e. The standard InChI is InChI=1S/C37H29BN2OS/c1-2-3-4-11-22-20-26(23-13-9-14-25-33-24-12-5-7-17-30(24)41-37(33)39-35(23)25)34-29(21-22)40-28-16-6-8-18-31(28)42-32-19-10-15-27(38-34)36(32)40/h5-10,12-21,38-39H,2-4,11H2,1H3. The average Bonchev–Trinajstić information content (AvgIpc) is 3.57. The molecule has 3 nitrogen and oxygen atoms in total. The van der Waals surface area contributed by atoms with Crippen molar-refractivity contribution >= 4 is 80.0 Å². The van der Waals surface area contributed by atoms with Gasteiger partial charge in [0.05, 0.1) is 22.3 Å². The lowest BCUT2D eigenvalue weighted by atomic mass is 9.58. The molecule has 0 aliphatic carbocycles. The number of hydrogen-bond acceptors (Lipinski definition) is 3. The van der Waals surface area contributed by atoms with E-state index in [1.165, 1.54) is 84.5 Å². The molecule has 0 saturated heterocycles. The fourth-order valence-corrected chi connectivity index (χ4v) is 8.27. The summed E-state index contributed by atoms with van der Waals surface area (Å²) in [5.74, 6) is 0. The first-order valence-corrected chi connectivity index (χ1v) is 15.9. The number of unbranched alkanes of at least 4 members (excludes halogenated alkanes) is 2. The number of aryl methyl sites for hydroxylation is 1. The number of aromatic nitrogens is 1. The van der Waals surface area contributed by atoms with Crippen molar-refractivity contribution < 1.29 is 4.42 Å². The van der Waals surface area contributed by atoms with Crippen molar-refractivity contribution in [3.05, 3.63) is 103 Å². The van der Waals surface area contributed by atoms with Crippen LogP contribution in [0.3, 0.4) is 0 Å². The molecule has 0 amide bonds. The van der Waals surface area contributed by atoms with E-state index in [0.717, 1.165) is 35.9 Å². The van der Waals surface area contributed by atoms with Gasteiger partial charge in [-0.1, -0.05) is 104 Å². The number of aromatic amines is 1. The van der Waals surface area contributed by atoms with Crippen LogP contribution in [0.1, 0.15) is 31.7 Å². The van der Waals surface area contributed by atoms with Gasteiger partial charge in [0.2, 0.25) is 5.71 Å². The number of furan rings is 1. The average molecular weight is 561 g/mol. The molecule has 5 heteroatoms. The predicted octanol–water partition coefficient (Wildman–Crippen LogP) is 9.10. The van der Waals surface area contributed by atoms with Gasteiger partial charge in [-0.05, 0) is 59.8 Å². The Morgan fingerprint density at radius 2 is 1.62 bits per heavy atom. The highest BCUT2D eigenvalue weighted by Crippen LogP contribution is 2.52. The Kier molecular flexibility index (Phi) is 5.39. The second-order valence-corrected chi connectivity index (χ2v) is 12.7. The molecule has 2 aliphatic heterocycles. The van der Waals surface area contributed by atoms with E-state index in [0.29, 0.717) is 0 Å². The Morgan fingerprint density at radius 1 is 0.786 bits per heavy atom. The lowest BCUT2D eigenvalue weighted by molar-refractivity contribution is 0.657. The Balaban J connectivity index is 1.32. The van der Waals surface area contributed by atoms with Crippen molar-refractivity contribution in [3.63, 3.8) is 0 Å². The molecule has 0 saturated carbocycles. The molecule has 0 bridgehead atoms. The van der Waals surface area contributed by atoms with E-state index in [-0.39, 0.29) is 0 Å². The number of H-pyrrole nitrogens is 1. The summed E-state index contributed by atoms with van der Waals surface area (Å²) in [6.45, 7) is 2.28. The van der Waals surface area contributed by atoms with Crippen molar-refractivity contribution in [1.29, 1.82) is 0 Å². The molecule has 2 aliphatic rings. The Bertz CT molecular complexity index is 2190. The van der Waals surface area contributed by atoms with Crippen LogP contribution in [0.4, 0.5) is 17.1 Å². The Labute approximate surface area is 249 Å². The lowest BCUT2D eigenvalue weighted by Gasteiger charge is -2.39. The van der Waals surface area contributed by atoms with Gasteiger partial charge >= 0.3 is 0 Å². The topological polar surface area (TPSA) is 32.2 Å². The van der Waals surface area contributed by atoms with Crippen LogP contribution < -0.4 is 15.8 Å². The number of rotatable bonds is 5. The molecular formula is C37H29BN2OS. The number of nitrogens with zero attached hydrogens (tertiary/aromatic N) is 1. The van der Waals surface area contributed by atoms with Crippen LogP contribution >= 0.6 is 11.8 Å². The van der Waals surface area contributed by atoms with Crippen molar-refractivity contribution in [1.82, 2.24) is 4.98 Å². The van der Waals surface area contributed by atoms with E-state index in [1.54, 1.807) is 0 Å². The molecule has 1 N–H and O–H groups in total. The molecule has 0 atom stereocenters. The molecule has 7 aromatic rings. The van der Waals surface area contributed by atoms with Crippen molar-refractivity contribution in [3.8, 4) is 11.1 Å².